The molecule has 0 radical (unpaired) electrons. The first-order chi connectivity index (χ1) is 8.61. The molecule has 0 aliphatic carbocycles. The fraction of sp³-hybridized carbons (Fsp3) is 0.615. The van der Waals surface area contributed by atoms with Gasteiger partial charge in [0.1, 0.15) is 5.82 Å². The van der Waals surface area contributed by atoms with Crippen molar-refractivity contribution in [3.05, 3.63) is 23.8 Å². The Morgan fingerprint density at radius 3 is 2.94 bits per heavy atom. The molecular formula is C13H22N4O. The number of rotatable bonds is 7. The lowest BCUT2D eigenvalue weighted by molar-refractivity contribution is -0.121. The van der Waals surface area contributed by atoms with E-state index in [0.717, 1.165) is 24.4 Å². The summed E-state index contributed by atoms with van der Waals surface area (Å²) in [7, 11) is 0. The lowest BCUT2D eigenvalue weighted by atomic mass is 10.0. The molecule has 18 heavy (non-hydrogen) atoms. The Kier molecular flexibility index (Phi) is 6.28. The Labute approximate surface area is 108 Å². The van der Waals surface area contributed by atoms with E-state index in [0.29, 0.717) is 25.4 Å². The van der Waals surface area contributed by atoms with Crippen LogP contribution in [-0.2, 0) is 11.3 Å². The fourth-order valence-corrected chi connectivity index (χ4v) is 1.69. The molecule has 1 rings (SSSR count). The summed E-state index contributed by atoms with van der Waals surface area (Å²) in [6, 6.07) is 1.81. The number of nitrogens with two attached hydrogens (primary N) is 1. The fourth-order valence-electron chi connectivity index (χ4n) is 1.69. The highest BCUT2D eigenvalue weighted by Crippen LogP contribution is 2.08. The van der Waals surface area contributed by atoms with Crippen LogP contribution in [0.15, 0.2) is 12.3 Å². The summed E-state index contributed by atoms with van der Waals surface area (Å²) in [5.74, 6) is 1.29. The molecule has 5 heteroatoms. The van der Waals surface area contributed by atoms with Gasteiger partial charge in [0.05, 0.1) is 12.2 Å². The topological polar surface area (TPSA) is 80.9 Å². The van der Waals surface area contributed by atoms with Crippen LogP contribution in [0.25, 0.3) is 0 Å². The monoisotopic (exact) mass is 250 g/mol. The molecule has 1 heterocycles. The molecule has 1 unspecified atom stereocenters. The molecule has 0 aliphatic heterocycles. The number of carbonyl (C=O) groups excluding carboxylic acids is 1. The number of nitrogens with one attached hydrogen (secondary N) is 1. The van der Waals surface area contributed by atoms with Crippen molar-refractivity contribution in [2.45, 2.75) is 39.7 Å². The van der Waals surface area contributed by atoms with Gasteiger partial charge in [-0.1, -0.05) is 6.92 Å². The zero-order valence-electron chi connectivity index (χ0n) is 11.1. The van der Waals surface area contributed by atoms with Gasteiger partial charge in [-0.15, -0.1) is 0 Å². The first-order valence-corrected chi connectivity index (χ1v) is 6.37. The zero-order valence-corrected chi connectivity index (χ0v) is 11.1. The largest absolute Gasteiger partial charge is 0.350 e. The quantitative estimate of drug-likeness (QED) is 0.761. The SMILES string of the molecule is Cc1nccc(CNC(=O)CCC(C)CCN)n1. The van der Waals surface area contributed by atoms with Crippen LogP contribution < -0.4 is 11.1 Å². The summed E-state index contributed by atoms with van der Waals surface area (Å²) in [5, 5.41) is 2.86. The maximum Gasteiger partial charge on any atom is 0.220 e. The normalized spacial score (nSPS) is 12.2. The molecule has 3 N–H and O–H groups in total. The third-order valence-corrected chi connectivity index (χ3v) is 2.82. The number of aryl methyl sites for hydroxylation is 1. The molecule has 100 valence electrons. The molecule has 1 aromatic rings. The molecule has 0 saturated carbocycles. The van der Waals surface area contributed by atoms with Crippen molar-refractivity contribution in [2.75, 3.05) is 6.54 Å². The first kappa shape index (κ1) is 14.6. The van der Waals surface area contributed by atoms with Crippen LogP contribution >= 0.6 is 0 Å². The van der Waals surface area contributed by atoms with Gasteiger partial charge in [-0.2, -0.15) is 0 Å². The van der Waals surface area contributed by atoms with Crippen molar-refractivity contribution < 1.29 is 4.79 Å². The van der Waals surface area contributed by atoms with Crippen LogP contribution in [0.1, 0.15) is 37.7 Å². The molecule has 0 aromatic carbocycles. The number of amides is 1. The van der Waals surface area contributed by atoms with Gasteiger partial charge in [-0.3, -0.25) is 4.79 Å². The Morgan fingerprint density at radius 2 is 2.28 bits per heavy atom. The van der Waals surface area contributed by atoms with Crippen molar-refractivity contribution in [2.24, 2.45) is 11.7 Å². The van der Waals surface area contributed by atoms with Gasteiger partial charge in [0.25, 0.3) is 0 Å². The number of carbonyl (C=O) groups is 1. The first-order valence-electron chi connectivity index (χ1n) is 6.37. The Morgan fingerprint density at radius 1 is 1.50 bits per heavy atom. The number of nitrogens with zero attached hydrogens (tertiary/aromatic N) is 2. The molecule has 5 nitrogen and oxygen atoms in total. The molecule has 0 fully saturated rings. The van der Waals surface area contributed by atoms with Crippen molar-refractivity contribution in [3.8, 4) is 0 Å². The summed E-state index contributed by atoms with van der Waals surface area (Å²) >= 11 is 0. The summed E-state index contributed by atoms with van der Waals surface area (Å²) in [6.45, 7) is 5.10. The summed E-state index contributed by atoms with van der Waals surface area (Å²) in [5.41, 5.74) is 6.31. The van der Waals surface area contributed by atoms with Crippen LogP contribution in [0.5, 0.6) is 0 Å². The second-order valence-corrected chi connectivity index (χ2v) is 4.59. The van der Waals surface area contributed by atoms with E-state index in [2.05, 4.69) is 22.2 Å². The van der Waals surface area contributed by atoms with E-state index in [1.54, 1.807) is 6.20 Å². The van der Waals surface area contributed by atoms with Crippen molar-refractivity contribution >= 4 is 5.91 Å². The third kappa shape index (κ3) is 5.72. The smallest absolute Gasteiger partial charge is 0.220 e. The van der Waals surface area contributed by atoms with E-state index in [-0.39, 0.29) is 5.91 Å². The minimum Gasteiger partial charge on any atom is -0.350 e. The second-order valence-electron chi connectivity index (χ2n) is 4.59. The summed E-state index contributed by atoms with van der Waals surface area (Å²) in [4.78, 5) is 19.9. The van der Waals surface area contributed by atoms with Gasteiger partial charge >= 0.3 is 0 Å². The number of aromatic nitrogens is 2. The zero-order chi connectivity index (χ0) is 13.4. The lowest BCUT2D eigenvalue weighted by Crippen LogP contribution is -2.23. The third-order valence-electron chi connectivity index (χ3n) is 2.82. The summed E-state index contributed by atoms with van der Waals surface area (Å²) in [6.07, 6.45) is 4.10. The molecule has 1 amide bonds. The average molecular weight is 250 g/mol. The highest BCUT2D eigenvalue weighted by molar-refractivity contribution is 5.75. The van der Waals surface area contributed by atoms with E-state index < -0.39 is 0 Å². The van der Waals surface area contributed by atoms with Gasteiger partial charge < -0.3 is 11.1 Å². The molecule has 0 spiro atoms. The second kappa shape index (κ2) is 7.76. The van der Waals surface area contributed by atoms with E-state index in [4.69, 9.17) is 5.73 Å². The van der Waals surface area contributed by atoms with Gasteiger partial charge in [0, 0.05) is 12.6 Å². The Balaban J connectivity index is 2.25. The standard InChI is InChI=1S/C13H22N4O/c1-10(5-7-14)3-4-13(18)16-9-12-6-8-15-11(2)17-12/h6,8,10H,3-5,7,9,14H2,1-2H3,(H,16,18). The van der Waals surface area contributed by atoms with Crippen molar-refractivity contribution in [1.29, 1.82) is 0 Å². The van der Waals surface area contributed by atoms with Crippen LogP contribution in [0.3, 0.4) is 0 Å². The molecule has 0 saturated heterocycles. The predicted molar refractivity (Wildman–Crippen MR) is 70.7 cm³/mol. The van der Waals surface area contributed by atoms with E-state index >= 15 is 0 Å². The molecule has 1 atom stereocenters. The van der Waals surface area contributed by atoms with E-state index in [9.17, 15) is 4.79 Å². The van der Waals surface area contributed by atoms with Crippen molar-refractivity contribution in [3.63, 3.8) is 0 Å². The maximum absolute atomic E-state index is 11.6. The van der Waals surface area contributed by atoms with Crippen LogP contribution in [-0.4, -0.2) is 22.4 Å². The van der Waals surface area contributed by atoms with Gasteiger partial charge in [-0.25, -0.2) is 9.97 Å². The highest BCUT2D eigenvalue weighted by Gasteiger charge is 2.06. The Bertz CT molecular complexity index is 381. The molecule has 0 aliphatic rings. The van der Waals surface area contributed by atoms with E-state index in [1.807, 2.05) is 13.0 Å². The van der Waals surface area contributed by atoms with Gasteiger partial charge in [-0.05, 0) is 38.3 Å². The number of hydrogen-bond donors (Lipinski definition) is 2. The maximum atomic E-state index is 11.6. The molecule has 1 aromatic heterocycles. The van der Waals surface area contributed by atoms with Crippen LogP contribution in [0.2, 0.25) is 0 Å². The molecular weight excluding hydrogens is 228 g/mol. The highest BCUT2D eigenvalue weighted by atomic mass is 16.1. The predicted octanol–water partition coefficient (Wildman–Crippen LogP) is 1.17. The van der Waals surface area contributed by atoms with Crippen LogP contribution in [0, 0.1) is 12.8 Å². The number of hydrogen-bond acceptors (Lipinski definition) is 4. The Hall–Kier alpha value is -1.49. The minimum absolute atomic E-state index is 0.0649. The minimum atomic E-state index is 0.0649. The average Bonchev–Trinajstić information content (AvgIpc) is 2.34. The molecule has 0 bridgehead atoms. The summed E-state index contributed by atoms with van der Waals surface area (Å²) < 4.78 is 0. The lowest BCUT2D eigenvalue weighted by Gasteiger charge is -2.09. The van der Waals surface area contributed by atoms with E-state index in [1.165, 1.54) is 0 Å². The van der Waals surface area contributed by atoms with Gasteiger partial charge in [0.2, 0.25) is 5.91 Å². The van der Waals surface area contributed by atoms with Crippen LogP contribution in [0.4, 0.5) is 0 Å². The van der Waals surface area contributed by atoms with Gasteiger partial charge in [0.15, 0.2) is 0 Å². The van der Waals surface area contributed by atoms with Crippen molar-refractivity contribution in [1.82, 2.24) is 15.3 Å².